The summed E-state index contributed by atoms with van der Waals surface area (Å²) < 4.78 is 4.95. The van der Waals surface area contributed by atoms with E-state index in [4.69, 9.17) is 9.52 Å². The minimum atomic E-state index is -0.322. The van der Waals surface area contributed by atoms with Crippen LogP contribution in [0.2, 0.25) is 0 Å². The Bertz CT molecular complexity index is 440. The molecule has 0 radical (unpaired) electrons. The van der Waals surface area contributed by atoms with Gasteiger partial charge in [0.15, 0.2) is 5.76 Å². The van der Waals surface area contributed by atoms with E-state index < -0.39 is 0 Å². The largest absolute Gasteiger partial charge is 0.459 e. The van der Waals surface area contributed by atoms with E-state index in [1.807, 2.05) is 0 Å². The Labute approximate surface area is 117 Å². The Hall–Kier alpha value is -1.82. The second-order valence-corrected chi connectivity index (χ2v) is 5.01. The van der Waals surface area contributed by atoms with Crippen molar-refractivity contribution >= 4 is 11.8 Å². The molecule has 0 aliphatic heterocycles. The van der Waals surface area contributed by atoms with Crippen LogP contribution in [0.25, 0.3) is 0 Å². The predicted octanol–water partition coefficient (Wildman–Crippen LogP) is 0.677. The lowest BCUT2D eigenvalue weighted by Crippen LogP contribution is -2.39. The summed E-state index contributed by atoms with van der Waals surface area (Å²) in [5, 5.41) is 14.5. The first kappa shape index (κ1) is 14.6. The molecule has 0 spiro atoms. The van der Waals surface area contributed by atoms with Gasteiger partial charge in [-0.3, -0.25) is 9.59 Å². The summed E-state index contributed by atoms with van der Waals surface area (Å²) >= 11 is 0. The molecular formula is C14H20N2O4. The van der Waals surface area contributed by atoms with Crippen LogP contribution in [-0.2, 0) is 4.79 Å². The van der Waals surface area contributed by atoms with Crippen molar-refractivity contribution < 1.29 is 19.1 Å². The molecule has 1 heterocycles. The molecule has 1 aromatic rings. The highest BCUT2D eigenvalue weighted by molar-refractivity contribution is 5.91. The monoisotopic (exact) mass is 280 g/mol. The number of hydrogen-bond acceptors (Lipinski definition) is 4. The zero-order valence-corrected chi connectivity index (χ0v) is 11.3. The first-order valence-corrected chi connectivity index (χ1v) is 6.92. The molecular weight excluding hydrogens is 260 g/mol. The molecule has 1 unspecified atom stereocenters. The van der Waals surface area contributed by atoms with Gasteiger partial charge in [-0.2, -0.15) is 0 Å². The fourth-order valence-electron chi connectivity index (χ4n) is 2.13. The number of amides is 2. The molecule has 6 heteroatoms. The first-order chi connectivity index (χ1) is 9.70. The minimum absolute atomic E-state index is 0.0632. The molecule has 1 aromatic heterocycles. The van der Waals surface area contributed by atoms with E-state index in [9.17, 15) is 9.59 Å². The van der Waals surface area contributed by atoms with Crippen molar-refractivity contribution in [3.8, 4) is 0 Å². The van der Waals surface area contributed by atoms with Crippen LogP contribution in [0.15, 0.2) is 22.8 Å². The number of aliphatic hydroxyl groups is 1. The van der Waals surface area contributed by atoms with E-state index in [0.717, 1.165) is 12.8 Å². The number of hydrogen-bond donors (Lipinski definition) is 3. The quantitative estimate of drug-likeness (QED) is 0.653. The van der Waals surface area contributed by atoms with Gasteiger partial charge in [0.25, 0.3) is 5.91 Å². The van der Waals surface area contributed by atoms with Gasteiger partial charge in [0.1, 0.15) is 0 Å². The van der Waals surface area contributed by atoms with Crippen LogP contribution in [0.4, 0.5) is 0 Å². The second-order valence-electron chi connectivity index (χ2n) is 5.01. The minimum Gasteiger partial charge on any atom is -0.459 e. The number of nitrogens with one attached hydrogen (secondary N) is 2. The average molecular weight is 280 g/mol. The first-order valence-electron chi connectivity index (χ1n) is 6.92. The van der Waals surface area contributed by atoms with Gasteiger partial charge in [-0.15, -0.1) is 0 Å². The highest BCUT2D eigenvalue weighted by Gasteiger charge is 2.31. The second kappa shape index (κ2) is 7.09. The molecule has 0 bridgehead atoms. The van der Waals surface area contributed by atoms with Gasteiger partial charge in [0.05, 0.1) is 6.26 Å². The van der Waals surface area contributed by atoms with Crippen LogP contribution in [0.1, 0.15) is 36.2 Å². The standard InChI is InChI=1S/C14H20N2O4/c17-8-6-11(10-3-4-10)16-13(18)5-7-15-14(19)12-2-1-9-20-12/h1-2,9-11,17H,3-8H2,(H,15,19)(H,16,18). The van der Waals surface area contributed by atoms with Gasteiger partial charge < -0.3 is 20.2 Å². The van der Waals surface area contributed by atoms with Gasteiger partial charge in [-0.1, -0.05) is 0 Å². The molecule has 110 valence electrons. The van der Waals surface area contributed by atoms with Crippen LogP contribution in [0.5, 0.6) is 0 Å². The number of furan rings is 1. The summed E-state index contributed by atoms with van der Waals surface area (Å²) in [6.07, 6.45) is 4.47. The van der Waals surface area contributed by atoms with Crippen molar-refractivity contribution in [1.29, 1.82) is 0 Å². The van der Waals surface area contributed by atoms with Gasteiger partial charge in [-0.05, 0) is 37.3 Å². The lowest BCUT2D eigenvalue weighted by atomic mass is 10.1. The van der Waals surface area contributed by atoms with Crippen molar-refractivity contribution in [3.63, 3.8) is 0 Å². The van der Waals surface area contributed by atoms with Crippen molar-refractivity contribution in [2.75, 3.05) is 13.2 Å². The Kier molecular flexibility index (Phi) is 5.17. The topological polar surface area (TPSA) is 91.6 Å². The number of rotatable bonds is 8. The molecule has 6 nitrogen and oxygen atoms in total. The van der Waals surface area contributed by atoms with E-state index in [0.29, 0.717) is 12.3 Å². The van der Waals surface area contributed by atoms with E-state index in [-0.39, 0.29) is 43.2 Å². The number of carbonyl (C=O) groups excluding carboxylic acids is 2. The molecule has 2 amide bonds. The van der Waals surface area contributed by atoms with E-state index in [1.165, 1.54) is 6.26 Å². The lowest BCUT2D eigenvalue weighted by Gasteiger charge is -2.17. The molecule has 1 saturated carbocycles. The zero-order chi connectivity index (χ0) is 14.4. The Morgan fingerprint density at radius 3 is 2.85 bits per heavy atom. The molecule has 0 aromatic carbocycles. The molecule has 20 heavy (non-hydrogen) atoms. The molecule has 3 N–H and O–H groups in total. The summed E-state index contributed by atoms with van der Waals surface area (Å²) in [6.45, 7) is 0.346. The van der Waals surface area contributed by atoms with Gasteiger partial charge in [0, 0.05) is 25.6 Å². The molecule has 1 fully saturated rings. The maximum absolute atomic E-state index is 11.8. The Morgan fingerprint density at radius 1 is 1.45 bits per heavy atom. The third-order valence-electron chi connectivity index (χ3n) is 3.36. The highest BCUT2D eigenvalue weighted by atomic mass is 16.3. The average Bonchev–Trinajstić information content (AvgIpc) is 3.12. The zero-order valence-electron chi connectivity index (χ0n) is 11.3. The molecule has 0 saturated heterocycles. The SMILES string of the molecule is O=C(CCNC(=O)c1ccco1)NC(CCO)C1CC1. The van der Waals surface area contributed by atoms with Crippen molar-refractivity contribution in [1.82, 2.24) is 10.6 Å². The summed E-state index contributed by atoms with van der Waals surface area (Å²) in [5.41, 5.74) is 0. The van der Waals surface area contributed by atoms with E-state index in [2.05, 4.69) is 10.6 Å². The molecule has 2 rings (SSSR count). The van der Waals surface area contributed by atoms with E-state index in [1.54, 1.807) is 12.1 Å². The third kappa shape index (κ3) is 4.38. The third-order valence-corrected chi connectivity index (χ3v) is 3.36. The van der Waals surface area contributed by atoms with Crippen LogP contribution < -0.4 is 10.6 Å². The van der Waals surface area contributed by atoms with Gasteiger partial charge in [-0.25, -0.2) is 0 Å². The van der Waals surface area contributed by atoms with Crippen LogP contribution in [-0.4, -0.2) is 36.1 Å². The Balaban J connectivity index is 1.65. The van der Waals surface area contributed by atoms with Gasteiger partial charge >= 0.3 is 0 Å². The summed E-state index contributed by atoms with van der Waals surface area (Å²) in [4.78, 5) is 23.3. The number of carbonyl (C=O) groups is 2. The van der Waals surface area contributed by atoms with Crippen LogP contribution in [0.3, 0.4) is 0 Å². The van der Waals surface area contributed by atoms with Crippen LogP contribution in [0, 0.1) is 5.92 Å². The maximum atomic E-state index is 11.8. The van der Waals surface area contributed by atoms with Crippen LogP contribution >= 0.6 is 0 Å². The fourth-order valence-corrected chi connectivity index (χ4v) is 2.13. The van der Waals surface area contributed by atoms with Gasteiger partial charge in [0.2, 0.25) is 5.91 Å². The summed E-state index contributed by atoms with van der Waals surface area (Å²) in [5.74, 6) is 0.317. The highest BCUT2D eigenvalue weighted by Crippen LogP contribution is 2.33. The van der Waals surface area contributed by atoms with Crippen molar-refractivity contribution in [3.05, 3.63) is 24.2 Å². The Morgan fingerprint density at radius 2 is 2.25 bits per heavy atom. The molecule has 1 aliphatic carbocycles. The molecule has 1 aliphatic rings. The fraction of sp³-hybridized carbons (Fsp3) is 0.571. The molecule has 1 atom stereocenters. The normalized spacial score (nSPS) is 15.7. The number of aliphatic hydroxyl groups excluding tert-OH is 1. The maximum Gasteiger partial charge on any atom is 0.286 e. The van der Waals surface area contributed by atoms with Crippen molar-refractivity contribution in [2.45, 2.75) is 31.7 Å². The van der Waals surface area contributed by atoms with Crippen molar-refractivity contribution in [2.24, 2.45) is 5.92 Å². The van der Waals surface area contributed by atoms with E-state index >= 15 is 0 Å². The smallest absolute Gasteiger partial charge is 0.286 e. The predicted molar refractivity (Wildman–Crippen MR) is 72.0 cm³/mol. The summed E-state index contributed by atoms with van der Waals surface area (Å²) in [6, 6.07) is 3.27. The summed E-state index contributed by atoms with van der Waals surface area (Å²) in [7, 11) is 0. The lowest BCUT2D eigenvalue weighted by molar-refractivity contribution is -0.121.